The Balaban J connectivity index is 1.97. The van der Waals surface area contributed by atoms with E-state index in [9.17, 15) is 4.39 Å². The molecule has 7 heteroatoms. The second-order valence-corrected chi connectivity index (χ2v) is 6.40. The van der Waals surface area contributed by atoms with E-state index in [0.717, 1.165) is 29.9 Å². The van der Waals surface area contributed by atoms with Crippen molar-refractivity contribution >= 4 is 38.6 Å². The summed E-state index contributed by atoms with van der Waals surface area (Å²) < 4.78 is 22.0. The monoisotopic (exact) mass is 375 g/mol. The Hall–Kier alpha value is -0.690. The number of hydrogen-bond acceptors (Lipinski definition) is 3. The first-order chi connectivity index (χ1) is 10.1. The number of imidazole rings is 1. The summed E-state index contributed by atoms with van der Waals surface area (Å²) in [6.07, 6.45) is 0.0647. The summed E-state index contributed by atoms with van der Waals surface area (Å²) >= 11 is 9.18. The number of likely N-dealkylation sites (N-methyl/N-ethyl adjacent to an activating group) is 1. The lowest BCUT2D eigenvalue weighted by Crippen LogP contribution is -2.42. The van der Waals surface area contributed by atoms with Gasteiger partial charge in [-0.1, -0.05) is 0 Å². The van der Waals surface area contributed by atoms with Gasteiger partial charge in [-0.25, -0.2) is 9.37 Å². The van der Waals surface area contributed by atoms with E-state index in [1.165, 1.54) is 6.07 Å². The molecule has 0 N–H and O–H groups in total. The van der Waals surface area contributed by atoms with Crippen LogP contribution < -0.4 is 0 Å². The fraction of sp³-hybridized carbons (Fsp3) is 0.500. The molecule has 0 bridgehead atoms. The van der Waals surface area contributed by atoms with Crippen molar-refractivity contribution in [3.63, 3.8) is 0 Å². The van der Waals surface area contributed by atoms with Gasteiger partial charge in [0, 0.05) is 19.2 Å². The summed E-state index contributed by atoms with van der Waals surface area (Å²) in [6.45, 7) is 3.12. The van der Waals surface area contributed by atoms with Gasteiger partial charge in [-0.05, 0) is 29.0 Å². The van der Waals surface area contributed by atoms with Gasteiger partial charge in [0.2, 0.25) is 0 Å². The molecule has 0 aliphatic carbocycles. The first-order valence-corrected chi connectivity index (χ1v) is 8.11. The van der Waals surface area contributed by atoms with Gasteiger partial charge in [0.1, 0.15) is 11.6 Å². The maximum Gasteiger partial charge on any atom is 0.139 e. The summed E-state index contributed by atoms with van der Waals surface area (Å²) in [4.78, 5) is 6.71. The Morgan fingerprint density at radius 3 is 3.05 bits per heavy atom. The van der Waals surface area contributed by atoms with Crippen molar-refractivity contribution in [3.8, 4) is 0 Å². The SMILES string of the molecule is CN1CCOC(Cn2c(CCl)nc3cc(Br)c(F)cc32)C1. The van der Waals surface area contributed by atoms with E-state index in [1.807, 2.05) is 4.57 Å². The zero-order valence-electron chi connectivity index (χ0n) is 11.7. The lowest BCUT2D eigenvalue weighted by molar-refractivity contribution is -0.0272. The number of nitrogens with zero attached hydrogens (tertiary/aromatic N) is 3. The summed E-state index contributed by atoms with van der Waals surface area (Å²) in [5, 5.41) is 0. The Morgan fingerprint density at radius 2 is 2.33 bits per heavy atom. The van der Waals surface area contributed by atoms with Crippen LogP contribution in [0.3, 0.4) is 0 Å². The number of morpholine rings is 1. The number of ether oxygens (including phenoxy) is 1. The van der Waals surface area contributed by atoms with Crippen LogP contribution in [0.4, 0.5) is 4.39 Å². The van der Waals surface area contributed by atoms with Crippen LogP contribution in [0.1, 0.15) is 5.82 Å². The Bertz CT molecular complexity index is 663. The van der Waals surface area contributed by atoms with Crippen LogP contribution in [0.2, 0.25) is 0 Å². The van der Waals surface area contributed by atoms with Crippen LogP contribution in [0.25, 0.3) is 11.0 Å². The number of benzene rings is 1. The molecule has 1 aliphatic heterocycles. The highest BCUT2D eigenvalue weighted by atomic mass is 79.9. The number of halogens is 3. The maximum absolute atomic E-state index is 13.8. The summed E-state index contributed by atoms with van der Waals surface area (Å²) in [6, 6.07) is 3.18. The summed E-state index contributed by atoms with van der Waals surface area (Å²) in [7, 11) is 2.07. The van der Waals surface area contributed by atoms with Crippen LogP contribution >= 0.6 is 27.5 Å². The third kappa shape index (κ3) is 3.08. The minimum atomic E-state index is -0.300. The smallest absolute Gasteiger partial charge is 0.139 e. The molecular weight excluding hydrogens is 361 g/mol. The zero-order valence-corrected chi connectivity index (χ0v) is 14.0. The van der Waals surface area contributed by atoms with Gasteiger partial charge in [0.25, 0.3) is 0 Å². The Labute approximate surface area is 136 Å². The van der Waals surface area contributed by atoms with Crippen molar-refractivity contribution in [2.24, 2.45) is 0 Å². The zero-order chi connectivity index (χ0) is 15.0. The first kappa shape index (κ1) is 15.2. The molecule has 1 atom stereocenters. The normalized spacial score (nSPS) is 20.3. The number of aromatic nitrogens is 2. The topological polar surface area (TPSA) is 30.3 Å². The predicted molar refractivity (Wildman–Crippen MR) is 84.2 cm³/mol. The highest BCUT2D eigenvalue weighted by molar-refractivity contribution is 9.10. The molecule has 21 heavy (non-hydrogen) atoms. The van der Waals surface area contributed by atoms with E-state index >= 15 is 0 Å². The number of rotatable bonds is 3. The molecule has 114 valence electrons. The van der Waals surface area contributed by atoms with Gasteiger partial charge >= 0.3 is 0 Å². The summed E-state index contributed by atoms with van der Waals surface area (Å²) in [5.74, 6) is 0.726. The van der Waals surface area contributed by atoms with Crippen molar-refractivity contribution in [2.75, 3.05) is 26.7 Å². The van der Waals surface area contributed by atoms with E-state index in [2.05, 4.69) is 32.9 Å². The predicted octanol–water partition coefficient (Wildman–Crippen LogP) is 3.01. The van der Waals surface area contributed by atoms with Gasteiger partial charge in [-0.15, -0.1) is 11.6 Å². The van der Waals surface area contributed by atoms with Crippen LogP contribution in [0, 0.1) is 5.82 Å². The van der Waals surface area contributed by atoms with E-state index in [-0.39, 0.29) is 17.8 Å². The minimum absolute atomic E-state index is 0.0647. The van der Waals surface area contributed by atoms with E-state index in [1.54, 1.807) is 6.07 Å². The molecule has 2 heterocycles. The Kier molecular flexibility index (Phi) is 4.49. The van der Waals surface area contributed by atoms with Crippen molar-refractivity contribution in [1.82, 2.24) is 14.5 Å². The Morgan fingerprint density at radius 1 is 1.52 bits per heavy atom. The average Bonchev–Trinajstić information content (AvgIpc) is 2.77. The fourth-order valence-corrected chi connectivity index (χ4v) is 3.19. The molecule has 1 fully saturated rings. The molecule has 0 amide bonds. The minimum Gasteiger partial charge on any atom is -0.374 e. The number of hydrogen-bond donors (Lipinski definition) is 0. The fourth-order valence-electron chi connectivity index (χ4n) is 2.66. The molecule has 1 unspecified atom stereocenters. The summed E-state index contributed by atoms with van der Waals surface area (Å²) in [5.41, 5.74) is 1.49. The van der Waals surface area contributed by atoms with Crippen LogP contribution in [-0.2, 0) is 17.2 Å². The quantitative estimate of drug-likeness (QED) is 0.772. The third-order valence-corrected chi connectivity index (χ3v) is 4.56. The average molecular weight is 377 g/mol. The second-order valence-electron chi connectivity index (χ2n) is 5.28. The van der Waals surface area contributed by atoms with E-state index in [4.69, 9.17) is 16.3 Å². The standard InChI is InChI=1S/C14H16BrClFN3O/c1-19-2-3-21-9(7-19)8-20-13-5-11(17)10(15)4-12(13)18-14(20)6-16/h4-5,9H,2-3,6-8H2,1H3. The molecule has 1 aromatic carbocycles. The van der Waals surface area contributed by atoms with Crippen molar-refractivity contribution in [1.29, 1.82) is 0 Å². The van der Waals surface area contributed by atoms with Crippen LogP contribution in [0.15, 0.2) is 16.6 Å². The molecule has 0 saturated carbocycles. The largest absolute Gasteiger partial charge is 0.374 e. The van der Waals surface area contributed by atoms with Gasteiger partial charge in [-0.3, -0.25) is 0 Å². The molecule has 3 rings (SSSR count). The first-order valence-electron chi connectivity index (χ1n) is 6.78. The lowest BCUT2D eigenvalue weighted by Gasteiger charge is -2.30. The number of alkyl halides is 1. The van der Waals surface area contributed by atoms with Gasteiger partial charge in [0.05, 0.1) is 40.6 Å². The van der Waals surface area contributed by atoms with Crippen LogP contribution in [0.5, 0.6) is 0 Å². The molecule has 1 saturated heterocycles. The number of fused-ring (bicyclic) bond motifs is 1. The van der Waals surface area contributed by atoms with Crippen molar-refractivity contribution in [3.05, 3.63) is 28.2 Å². The van der Waals surface area contributed by atoms with Gasteiger partial charge in [-0.2, -0.15) is 0 Å². The van der Waals surface area contributed by atoms with Crippen LogP contribution in [-0.4, -0.2) is 47.3 Å². The molecule has 1 aliphatic rings. The van der Waals surface area contributed by atoms with Crippen molar-refractivity contribution in [2.45, 2.75) is 18.5 Å². The lowest BCUT2D eigenvalue weighted by atomic mass is 10.2. The maximum atomic E-state index is 13.8. The van der Waals surface area contributed by atoms with E-state index < -0.39 is 0 Å². The molecule has 0 radical (unpaired) electrons. The highest BCUT2D eigenvalue weighted by Crippen LogP contribution is 2.25. The highest BCUT2D eigenvalue weighted by Gasteiger charge is 2.21. The molecule has 1 aromatic heterocycles. The van der Waals surface area contributed by atoms with Crippen molar-refractivity contribution < 1.29 is 9.13 Å². The van der Waals surface area contributed by atoms with Gasteiger partial charge < -0.3 is 14.2 Å². The second kappa shape index (κ2) is 6.20. The third-order valence-electron chi connectivity index (χ3n) is 3.72. The molecular formula is C14H16BrClFN3O. The molecule has 2 aromatic rings. The van der Waals surface area contributed by atoms with E-state index in [0.29, 0.717) is 17.6 Å². The molecule has 0 spiro atoms. The molecule has 4 nitrogen and oxygen atoms in total. The van der Waals surface area contributed by atoms with Gasteiger partial charge in [0.15, 0.2) is 0 Å².